The van der Waals surface area contributed by atoms with Crippen molar-refractivity contribution < 1.29 is 9.53 Å². The number of methoxy groups -OCH3 is 1. The summed E-state index contributed by atoms with van der Waals surface area (Å²) in [5, 5.41) is 2.91. The second kappa shape index (κ2) is 7.90. The predicted molar refractivity (Wildman–Crippen MR) is 83.0 cm³/mol. The maximum atomic E-state index is 12.1. The number of carbonyl (C=O) groups is 1. The van der Waals surface area contributed by atoms with Crippen LogP contribution in [0.15, 0.2) is 18.2 Å². The van der Waals surface area contributed by atoms with E-state index < -0.39 is 0 Å². The van der Waals surface area contributed by atoms with Gasteiger partial charge in [-0.05, 0) is 49.4 Å². The topological polar surface area (TPSA) is 64.3 Å². The third kappa shape index (κ3) is 5.21. The molecule has 4 heteroatoms. The van der Waals surface area contributed by atoms with E-state index in [1.165, 1.54) is 0 Å². The highest BCUT2D eigenvalue weighted by Crippen LogP contribution is 2.26. The van der Waals surface area contributed by atoms with E-state index in [0.717, 1.165) is 12.0 Å². The van der Waals surface area contributed by atoms with Gasteiger partial charge in [-0.2, -0.15) is 0 Å². The molecule has 112 valence electrons. The van der Waals surface area contributed by atoms with Crippen LogP contribution in [-0.2, 0) is 4.79 Å². The maximum Gasteiger partial charge on any atom is 0.224 e. The number of nitrogens with two attached hydrogens (primary N) is 1. The normalized spacial score (nSPS) is 12.3. The average Bonchev–Trinajstić information content (AvgIpc) is 2.39. The number of ether oxygens (including phenoxy) is 1. The van der Waals surface area contributed by atoms with Gasteiger partial charge in [-0.25, -0.2) is 0 Å². The van der Waals surface area contributed by atoms with Gasteiger partial charge in [-0.1, -0.05) is 19.9 Å². The Bertz CT molecular complexity index is 444. The molecule has 20 heavy (non-hydrogen) atoms. The molecule has 1 aromatic rings. The highest BCUT2D eigenvalue weighted by Gasteiger charge is 2.15. The fraction of sp³-hybridized carbons (Fsp3) is 0.562. The number of anilines is 1. The van der Waals surface area contributed by atoms with Crippen molar-refractivity contribution in [3.63, 3.8) is 0 Å². The maximum absolute atomic E-state index is 12.1. The van der Waals surface area contributed by atoms with Crippen molar-refractivity contribution in [3.05, 3.63) is 23.8 Å². The minimum Gasteiger partial charge on any atom is -0.495 e. The van der Waals surface area contributed by atoms with Crippen molar-refractivity contribution in [2.45, 2.75) is 33.6 Å². The molecule has 0 aliphatic rings. The molecule has 1 amide bonds. The Hall–Kier alpha value is -1.55. The number of benzene rings is 1. The fourth-order valence-electron chi connectivity index (χ4n) is 2.29. The number of hydrogen-bond donors (Lipinski definition) is 2. The Balaban J connectivity index is 2.66. The van der Waals surface area contributed by atoms with Crippen LogP contribution < -0.4 is 15.8 Å². The zero-order valence-corrected chi connectivity index (χ0v) is 12.9. The molecule has 0 bridgehead atoms. The summed E-state index contributed by atoms with van der Waals surface area (Å²) in [5.41, 5.74) is 7.54. The first-order chi connectivity index (χ1) is 9.46. The van der Waals surface area contributed by atoms with Gasteiger partial charge in [-0.3, -0.25) is 4.79 Å². The van der Waals surface area contributed by atoms with Gasteiger partial charge in [0.15, 0.2) is 0 Å². The van der Waals surface area contributed by atoms with Crippen LogP contribution in [0.25, 0.3) is 0 Å². The largest absolute Gasteiger partial charge is 0.495 e. The molecule has 4 nitrogen and oxygen atoms in total. The standard InChI is InChI=1S/C16H26N2O2/c1-11(2)7-13(10-17)9-16(19)18-14-6-5-12(3)8-15(14)20-4/h5-6,8,11,13H,7,9-10,17H2,1-4H3,(H,18,19). The van der Waals surface area contributed by atoms with Crippen LogP contribution in [0.1, 0.15) is 32.3 Å². The molecule has 0 spiro atoms. The second-order valence-electron chi connectivity index (χ2n) is 5.69. The Labute approximate surface area is 121 Å². The Kier molecular flexibility index (Phi) is 6.52. The summed E-state index contributed by atoms with van der Waals surface area (Å²) in [4.78, 5) is 12.1. The van der Waals surface area contributed by atoms with Crippen molar-refractivity contribution in [2.24, 2.45) is 17.6 Å². The molecule has 0 saturated heterocycles. The summed E-state index contributed by atoms with van der Waals surface area (Å²) in [6.07, 6.45) is 1.42. The number of amides is 1. The lowest BCUT2D eigenvalue weighted by atomic mass is 9.94. The van der Waals surface area contributed by atoms with Crippen LogP contribution in [0.5, 0.6) is 5.75 Å². The molecule has 0 aliphatic carbocycles. The minimum atomic E-state index is -0.0109. The van der Waals surface area contributed by atoms with Crippen molar-refractivity contribution in [3.8, 4) is 5.75 Å². The molecule has 0 fully saturated rings. The van der Waals surface area contributed by atoms with Gasteiger partial charge in [0.1, 0.15) is 5.75 Å². The van der Waals surface area contributed by atoms with E-state index in [1.807, 2.05) is 25.1 Å². The molecular weight excluding hydrogens is 252 g/mol. The van der Waals surface area contributed by atoms with Crippen molar-refractivity contribution in [1.82, 2.24) is 0 Å². The predicted octanol–water partition coefficient (Wildman–Crippen LogP) is 2.95. The van der Waals surface area contributed by atoms with Crippen molar-refractivity contribution in [2.75, 3.05) is 19.0 Å². The van der Waals surface area contributed by atoms with Crippen LogP contribution in [0, 0.1) is 18.8 Å². The fourth-order valence-corrected chi connectivity index (χ4v) is 2.29. The molecule has 1 aromatic carbocycles. The van der Waals surface area contributed by atoms with Gasteiger partial charge >= 0.3 is 0 Å². The number of carbonyl (C=O) groups excluding carboxylic acids is 1. The van der Waals surface area contributed by atoms with Gasteiger partial charge in [-0.15, -0.1) is 0 Å². The second-order valence-corrected chi connectivity index (χ2v) is 5.69. The van der Waals surface area contributed by atoms with Gasteiger partial charge in [0.2, 0.25) is 5.91 Å². The Morgan fingerprint density at radius 2 is 2.10 bits per heavy atom. The zero-order valence-electron chi connectivity index (χ0n) is 12.9. The molecule has 1 unspecified atom stereocenters. The molecular formula is C16H26N2O2. The highest BCUT2D eigenvalue weighted by atomic mass is 16.5. The van der Waals surface area contributed by atoms with Crippen LogP contribution in [-0.4, -0.2) is 19.6 Å². The van der Waals surface area contributed by atoms with Gasteiger partial charge < -0.3 is 15.8 Å². The monoisotopic (exact) mass is 278 g/mol. The van der Waals surface area contributed by atoms with E-state index in [0.29, 0.717) is 30.3 Å². The average molecular weight is 278 g/mol. The first-order valence-corrected chi connectivity index (χ1v) is 7.10. The van der Waals surface area contributed by atoms with Crippen LogP contribution in [0.4, 0.5) is 5.69 Å². The Morgan fingerprint density at radius 3 is 2.65 bits per heavy atom. The lowest BCUT2D eigenvalue weighted by molar-refractivity contribution is -0.117. The van der Waals surface area contributed by atoms with Crippen LogP contribution in [0.2, 0.25) is 0 Å². The third-order valence-electron chi connectivity index (χ3n) is 3.24. The van der Waals surface area contributed by atoms with Gasteiger partial charge in [0.05, 0.1) is 12.8 Å². The lowest BCUT2D eigenvalue weighted by Gasteiger charge is -2.17. The SMILES string of the molecule is COc1cc(C)ccc1NC(=O)CC(CN)CC(C)C. The van der Waals surface area contributed by atoms with Crippen LogP contribution in [0.3, 0.4) is 0 Å². The van der Waals surface area contributed by atoms with E-state index in [9.17, 15) is 4.79 Å². The molecule has 0 heterocycles. The van der Waals surface area contributed by atoms with E-state index in [2.05, 4.69) is 19.2 Å². The number of rotatable bonds is 7. The Morgan fingerprint density at radius 1 is 1.40 bits per heavy atom. The molecule has 0 aliphatic heterocycles. The number of nitrogens with one attached hydrogen (secondary N) is 1. The molecule has 1 atom stereocenters. The molecule has 1 rings (SSSR count). The third-order valence-corrected chi connectivity index (χ3v) is 3.24. The van der Waals surface area contributed by atoms with E-state index in [-0.39, 0.29) is 11.8 Å². The van der Waals surface area contributed by atoms with E-state index in [1.54, 1.807) is 7.11 Å². The highest BCUT2D eigenvalue weighted by molar-refractivity contribution is 5.92. The van der Waals surface area contributed by atoms with Crippen molar-refractivity contribution >= 4 is 11.6 Å². The summed E-state index contributed by atoms with van der Waals surface area (Å²) in [7, 11) is 1.60. The quantitative estimate of drug-likeness (QED) is 0.806. The van der Waals surface area contributed by atoms with Gasteiger partial charge in [0, 0.05) is 6.42 Å². The minimum absolute atomic E-state index is 0.0109. The van der Waals surface area contributed by atoms with Gasteiger partial charge in [0.25, 0.3) is 0 Å². The molecule has 3 N–H and O–H groups in total. The smallest absolute Gasteiger partial charge is 0.224 e. The van der Waals surface area contributed by atoms with Crippen LogP contribution >= 0.6 is 0 Å². The first-order valence-electron chi connectivity index (χ1n) is 7.10. The zero-order chi connectivity index (χ0) is 15.1. The summed E-state index contributed by atoms with van der Waals surface area (Å²) in [6, 6.07) is 5.72. The molecule has 0 saturated carbocycles. The number of hydrogen-bond acceptors (Lipinski definition) is 3. The molecule has 0 aromatic heterocycles. The summed E-state index contributed by atoms with van der Waals surface area (Å²) >= 11 is 0. The van der Waals surface area contributed by atoms with E-state index in [4.69, 9.17) is 10.5 Å². The molecule has 0 radical (unpaired) electrons. The first kappa shape index (κ1) is 16.5. The number of aryl methyl sites for hydroxylation is 1. The summed E-state index contributed by atoms with van der Waals surface area (Å²) < 4.78 is 5.28. The summed E-state index contributed by atoms with van der Waals surface area (Å²) in [5.74, 6) is 1.45. The lowest BCUT2D eigenvalue weighted by Crippen LogP contribution is -2.23. The van der Waals surface area contributed by atoms with E-state index >= 15 is 0 Å². The summed E-state index contributed by atoms with van der Waals surface area (Å²) in [6.45, 7) is 6.81. The van der Waals surface area contributed by atoms with Crippen molar-refractivity contribution in [1.29, 1.82) is 0 Å².